The molecule has 0 bridgehead atoms. The molecule has 0 atom stereocenters. The quantitative estimate of drug-likeness (QED) is 0.228. The van der Waals surface area contributed by atoms with E-state index in [1.54, 1.807) is 31.2 Å². The molecule has 0 spiro atoms. The van der Waals surface area contributed by atoms with Crippen molar-refractivity contribution in [1.82, 2.24) is 9.80 Å². The molecule has 2 rings (SSSR count). The number of ether oxygens (including phenoxy) is 2. The minimum Gasteiger partial charge on any atom is -0.482 e. The van der Waals surface area contributed by atoms with Crippen LogP contribution in [0.1, 0.15) is 18.1 Å². The number of rotatable bonds is 7. The van der Waals surface area contributed by atoms with E-state index in [4.69, 9.17) is 21.7 Å². The van der Waals surface area contributed by atoms with Crippen molar-refractivity contribution in [3.63, 3.8) is 0 Å². The molecule has 1 aliphatic heterocycles. The van der Waals surface area contributed by atoms with Crippen LogP contribution in [0.3, 0.4) is 0 Å². The number of benzene rings is 1. The maximum atomic E-state index is 12.4. The molecule has 0 aromatic heterocycles. The summed E-state index contributed by atoms with van der Waals surface area (Å²) in [6.45, 7) is 5.52. The summed E-state index contributed by atoms with van der Waals surface area (Å²) in [5, 5.41) is 0.155. The third-order valence-electron chi connectivity index (χ3n) is 4.05. The summed E-state index contributed by atoms with van der Waals surface area (Å²) in [6, 6.07) is 5.16. The van der Waals surface area contributed by atoms with Crippen LogP contribution in [0.4, 0.5) is 0 Å². The number of carbonyl (C=O) groups excluding carboxylic acids is 3. The van der Waals surface area contributed by atoms with Gasteiger partial charge in [-0.3, -0.25) is 19.4 Å². The Balaban J connectivity index is 2.32. The molecule has 1 aromatic rings. The SMILES string of the molecule is C=CCc1cc(C=C2C(=O)N(C)C(=S)N(C)C2=O)ccc1OCC(=O)OCC. The summed E-state index contributed by atoms with van der Waals surface area (Å²) in [4.78, 5) is 38.9. The van der Waals surface area contributed by atoms with Crippen LogP contribution in [0.15, 0.2) is 36.4 Å². The van der Waals surface area contributed by atoms with Crippen LogP contribution in [0.5, 0.6) is 5.75 Å². The average Bonchev–Trinajstić information content (AvgIpc) is 2.68. The van der Waals surface area contributed by atoms with Crippen molar-refractivity contribution in [2.75, 3.05) is 27.3 Å². The third kappa shape index (κ3) is 4.64. The highest BCUT2D eigenvalue weighted by molar-refractivity contribution is 7.80. The first-order valence-corrected chi connectivity index (χ1v) is 9.05. The van der Waals surface area contributed by atoms with Gasteiger partial charge in [0.25, 0.3) is 11.8 Å². The van der Waals surface area contributed by atoms with Crippen LogP contribution in [-0.4, -0.2) is 60.0 Å². The molecule has 1 aliphatic rings. The van der Waals surface area contributed by atoms with Gasteiger partial charge in [-0.1, -0.05) is 12.1 Å². The predicted octanol–water partition coefficient (Wildman–Crippen LogP) is 1.96. The maximum Gasteiger partial charge on any atom is 0.344 e. The normalized spacial score (nSPS) is 14.2. The Morgan fingerprint density at radius 3 is 2.43 bits per heavy atom. The number of likely N-dealkylation sites (N-methyl/N-ethyl adjacent to an activating group) is 2. The van der Waals surface area contributed by atoms with Crippen molar-refractivity contribution >= 4 is 41.2 Å². The van der Waals surface area contributed by atoms with Crippen molar-refractivity contribution in [2.45, 2.75) is 13.3 Å². The van der Waals surface area contributed by atoms with Gasteiger partial charge in [0, 0.05) is 14.1 Å². The maximum absolute atomic E-state index is 12.4. The largest absolute Gasteiger partial charge is 0.482 e. The van der Waals surface area contributed by atoms with Gasteiger partial charge in [0.2, 0.25) is 0 Å². The molecule has 1 saturated heterocycles. The standard InChI is InChI=1S/C20H22N2O5S/c1-5-7-14-10-13(8-9-16(14)27-12-17(23)26-6-2)11-15-18(24)21(3)20(28)22(4)19(15)25/h5,8-11H,1,6-7,12H2,2-4H3. The molecule has 1 heterocycles. The minimum absolute atomic E-state index is 0.0170. The molecule has 1 aromatic carbocycles. The van der Waals surface area contributed by atoms with Crippen molar-refractivity contribution in [1.29, 1.82) is 0 Å². The molecule has 148 valence electrons. The van der Waals surface area contributed by atoms with E-state index in [0.717, 1.165) is 5.56 Å². The first-order valence-electron chi connectivity index (χ1n) is 8.64. The Bertz CT molecular complexity index is 836. The first kappa shape index (κ1) is 21.3. The van der Waals surface area contributed by atoms with Gasteiger partial charge in [-0.15, -0.1) is 6.58 Å². The zero-order chi connectivity index (χ0) is 20.8. The number of carbonyl (C=O) groups is 3. The number of allylic oxidation sites excluding steroid dienone is 1. The molecule has 0 unspecified atom stereocenters. The van der Waals surface area contributed by atoms with Crippen molar-refractivity contribution < 1.29 is 23.9 Å². The lowest BCUT2D eigenvalue weighted by atomic mass is 10.0. The van der Waals surface area contributed by atoms with E-state index in [0.29, 0.717) is 17.7 Å². The van der Waals surface area contributed by atoms with Gasteiger partial charge in [0.1, 0.15) is 11.3 Å². The van der Waals surface area contributed by atoms with E-state index in [1.165, 1.54) is 30.0 Å². The van der Waals surface area contributed by atoms with Crippen LogP contribution in [0, 0.1) is 0 Å². The van der Waals surface area contributed by atoms with Gasteiger partial charge in [-0.25, -0.2) is 4.79 Å². The summed E-state index contributed by atoms with van der Waals surface area (Å²) in [5.74, 6) is -0.868. The second-order valence-corrected chi connectivity index (χ2v) is 6.39. The molecular formula is C20H22N2O5S. The fourth-order valence-electron chi connectivity index (χ4n) is 2.63. The second-order valence-electron chi connectivity index (χ2n) is 6.02. The van der Waals surface area contributed by atoms with Crippen LogP contribution >= 0.6 is 12.2 Å². The molecule has 0 saturated carbocycles. The number of thiocarbonyl (C=S) groups is 1. The van der Waals surface area contributed by atoms with Crippen LogP contribution in [0.2, 0.25) is 0 Å². The third-order valence-corrected chi connectivity index (χ3v) is 4.60. The van der Waals surface area contributed by atoms with Crippen molar-refractivity contribution in [2.24, 2.45) is 0 Å². The monoisotopic (exact) mass is 402 g/mol. The molecule has 2 amide bonds. The van der Waals surface area contributed by atoms with Crippen molar-refractivity contribution in [3.8, 4) is 5.75 Å². The predicted molar refractivity (Wildman–Crippen MR) is 109 cm³/mol. The Kier molecular flexibility index (Phi) is 7.06. The minimum atomic E-state index is -0.460. The Morgan fingerprint density at radius 1 is 1.21 bits per heavy atom. The van der Waals surface area contributed by atoms with E-state index in [9.17, 15) is 14.4 Å². The highest BCUT2D eigenvalue weighted by atomic mass is 32.1. The van der Waals surface area contributed by atoms with Crippen LogP contribution < -0.4 is 4.74 Å². The Morgan fingerprint density at radius 2 is 1.86 bits per heavy atom. The molecular weight excluding hydrogens is 380 g/mol. The molecule has 8 heteroatoms. The number of hydrogen-bond acceptors (Lipinski definition) is 6. The number of esters is 1. The lowest BCUT2D eigenvalue weighted by molar-refractivity contribution is -0.145. The van der Waals surface area contributed by atoms with Gasteiger partial charge in [0.05, 0.1) is 6.61 Å². The van der Waals surface area contributed by atoms with E-state index < -0.39 is 17.8 Å². The lowest BCUT2D eigenvalue weighted by Crippen LogP contribution is -2.52. The van der Waals surface area contributed by atoms with Gasteiger partial charge < -0.3 is 9.47 Å². The van der Waals surface area contributed by atoms with Gasteiger partial charge in [0.15, 0.2) is 11.7 Å². The fraction of sp³-hybridized carbons (Fsp3) is 0.300. The molecule has 1 fully saturated rings. The second kappa shape index (κ2) is 9.27. The molecule has 0 N–H and O–H groups in total. The smallest absolute Gasteiger partial charge is 0.344 e. The average molecular weight is 402 g/mol. The summed E-state index contributed by atoms with van der Waals surface area (Å²) in [6.07, 6.45) is 3.70. The molecule has 7 nitrogen and oxygen atoms in total. The topological polar surface area (TPSA) is 76.2 Å². The van der Waals surface area contributed by atoms with Crippen LogP contribution in [0.25, 0.3) is 6.08 Å². The molecule has 0 aliphatic carbocycles. The van der Waals surface area contributed by atoms with Gasteiger partial charge in [-0.2, -0.15) is 0 Å². The summed E-state index contributed by atoms with van der Waals surface area (Å²) >= 11 is 5.08. The molecule has 28 heavy (non-hydrogen) atoms. The summed E-state index contributed by atoms with van der Waals surface area (Å²) in [7, 11) is 3.05. The van der Waals surface area contributed by atoms with Crippen molar-refractivity contribution in [3.05, 3.63) is 47.6 Å². The van der Waals surface area contributed by atoms with Gasteiger partial charge in [-0.05, 0) is 54.9 Å². The fourth-order valence-corrected chi connectivity index (χ4v) is 2.79. The molecule has 0 radical (unpaired) electrons. The summed E-state index contributed by atoms with van der Waals surface area (Å²) < 4.78 is 10.4. The Hall–Kier alpha value is -3.00. The zero-order valence-electron chi connectivity index (χ0n) is 16.1. The summed E-state index contributed by atoms with van der Waals surface area (Å²) in [5.41, 5.74) is 1.43. The zero-order valence-corrected chi connectivity index (χ0v) is 16.9. The highest BCUT2D eigenvalue weighted by Crippen LogP contribution is 2.24. The van der Waals surface area contributed by atoms with E-state index in [-0.39, 0.29) is 23.9 Å². The highest BCUT2D eigenvalue weighted by Gasteiger charge is 2.35. The van der Waals surface area contributed by atoms with E-state index >= 15 is 0 Å². The lowest BCUT2D eigenvalue weighted by Gasteiger charge is -2.31. The van der Waals surface area contributed by atoms with E-state index in [2.05, 4.69) is 6.58 Å². The van der Waals surface area contributed by atoms with E-state index in [1.807, 2.05) is 0 Å². The van der Waals surface area contributed by atoms with Gasteiger partial charge >= 0.3 is 5.97 Å². The first-order chi connectivity index (χ1) is 13.3. The van der Waals surface area contributed by atoms with Crippen LogP contribution in [-0.2, 0) is 25.5 Å². The number of amides is 2. The number of hydrogen-bond donors (Lipinski definition) is 0. The number of nitrogens with zero attached hydrogens (tertiary/aromatic N) is 2. The Labute approximate surface area is 169 Å².